The van der Waals surface area contributed by atoms with Crippen LogP contribution in [0.1, 0.15) is 18.4 Å². The lowest BCUT2D eigenvalue weighted by Gasteiger charge is -2.22. The van der Waals surface area contributed by atoms with Crippen LogP contribution >= 0.6 is 0 Å². The zero-order chi connectivity index (χ0) is 14.9. The van der Waals surface area contributed by atoms with Crippen molar-refractivity contribution in [2.45, 2.75) is 30.7 Å². The minimum atomic E-state index is -4.03. The van der Waals surface area contributed by atoms with E-state index in [-0.39, 0.29) is 6.54 Å². The van der Waals surface area contributed by atoms with Crippen molar-refractivity contribution in [3.05, 3.63) is 29.6 Å². The van der Waals surface area contributed by atoms with Crippen LogP contribution in [0.3, 0.4) is 0 Å². The molecule has 7 heteroatoms. The smallest absolute Gasteiger partial charge is 0.324 e. The standard InChI is InChI=1S/C13H16FNO4S/c1-9-5-6-12(10(14)8-9)20(17,18)15-7-3-4-11(15)13(16)19-2/h5-6,8,11H,3-4,7H2,1-2H3/t11-/m0/s1. The van der Waals surface area contributed by atoms with Crippen LogP contribution in [0.5, 0.6) is 0 Å². The molecule has 0 bridgehead atoms. The van der Waals surface area contributed by atoms with E-state index in [0.29, 0.717) is 18.4 Å². The summed E-state index contributed by atoms with van der Waals surface area (Å²) in [5.41, 5.74) is 0.632. The number of carbonyl (C=O) groups is 1. The molecular weight excluding hydrogens is 285 g/mol. The zero-order valence-electron chi connectivity index (χ0n) is 11.3. The average molecular weight is 301 g/mol. The molecule has 0 saturated carbocycles. The van der Waals surface area contributed by atoms with Gasteiger partial charge >= 0.3 is 5.97 Å². The van der Waals surface area contributed by atoms with E-state index in [1.807, 2.05) is 0 Å². The van der Waals surface area contributed by atoms with Crippen molar-refractivity contribution < 1.29 is 22.3 Å². The summed E-state index contributed by atoms with van der Waals surface area (Å²) in [7, 11) is -2.83. The van der Waals surface area contributed by atoms with E-state index in [2.05, 4.69) is 4.74 Å². The quantitative estimate of drug-likeness (QED) is 0.793. The summed E-state index contributed by atoms with van der Waals surface area (Å²) in [5, 5.41) is 0. The van der Waals surface area contributed by atoms with Gasteiger partial charge in [-0.2, -0.15) is 4.31 Å². The van der Waals surface area contributed by atoms with Crippen LogP contribution in [-0.4, -0.2) is 38.4 Å². The fourth-order valence-corrected chi connectivity index (χ4v) is 4.03. The first-order chi connectivity index (χ1) is 9.37. The molecule has 5 nitrogen and oxygen atoms in total. The SMILES string of the molecule is COC(=O)[C@@H]1CCCN1S(=O)(=O)c1ccc(C)cc1F. The molecular formula is C13H16FNO4S. The number of hydrogen-bond donors (Lipinski definition) is 0. The highest BCUT2D eigenvalue weighted by molar-refractivity contribution is 7.89. The maximum Gasteiger partial charge on any atom is 0.324 e. The number of esters is 1. The van der Waals surface area contributed by atoms with Crippen LogP contribution in [0.2, 0.25) is 0 Å². The Kier molecular flexibility index (Phi) is 4.10. The van der Waals surface area contributed by atoms with E-state index in [1.54, 1.807) is 6.92 Å². The van der Waals surface area contributed by atoms with Crippen molar-refractivity contribution >= 4 is 16.0 Å². The molecule has 0 unspecified atom stereocenters. The molecule has 0 amide bonds. The van der Waals surface area contributed by atoms with E-state index >= 15 is 0 Å². The highest BCUT2D eigenvalue weighted by atomic mass is 32.2. The summed E-state index contributed by atoms with van der Waals surface area (Å²) in [6.45, 7) is 1.86. The fraction of sp³-hybridized carbons (Fsp3) is 0.462. The van der Waals surface area contributed by atoms with Gasteiger partial charge in [0.15, 0.2) is 0 Å². The van der Waals surface area contributed by atoms with Gasteiger partial charge in [-0.05, 0) is 37.5 Å². The van der Waals surface area contributed by atoms with Crippen molar-refractivity contribution in [3.8, 4) is 0 Å². The third-order valence-electron chi connectivity index (χ3n) is 3.35. The van der Waals surface area contributed by atoms with E-state index < -0.39 is 32.7 Å². The number of sulfonamides is 1. The molecule has 0 aliphatic carbocycles. The first-order valence-electron chi connectivity index (χ1n) is 6.23. The Morgan fingerprint density at radius 1 is 1.45 bits per heavy atom. The molecule has 20 heavy (non-hydrogen) atoms. The zero-order valence-corrected chi connectivity index (χ0v) is 12.1. The van der Waals surface area contributed by atoms with Gasteiger partial charge in [-0.25, -0.2) is 12.8 Å². The minimum Gasteiger partial charge on any atom is -0.468 e. The second kappa shape index (κ2) is 5.49. The Hall–Kier alpha value is -1.47. The molecule has 0 aromatic heterocycles. The minimum absolute atomic E-state index is 0.190. The Morgan fingerprint density at radius 3 is 2.75 bits per heavy atom. The number of benzene rings is 1. The van der Waals surface area contributed by atoms with Gasteiger partial charge in [-0.3, -0.25) is 4.79 Å². The van der Waals surface area contributed by atoms with Crippen molar-refractivity contribution in [3.63, 3.8) is 0 Å². The number of carbonyl (C=O) groups excluding carboxylic acids is 1. The summed E-state index contributed by atoms with van der Waals surface area (Å²) in [5.74, 6) is -1.42. The van der Waals surface area contributed by atoms with Crippen LogP contribution in [0, 0.1) is 12.7 Å². The second-order valence-electron chi connectivity index (χ2n) is 4.73. The van der Waals surface area contributed by atoms with Gasteiger partial charge < -0.3 is 4.74 Å². The summed E-state index contributed by atoms with van der Waals surface area (Å²) < 4.78 is 44.5. The molecule has 1 heterocycles. The van der Waals surface area contributed by atoms with Crippen LogP contribution < -0.4 is 0 Å². The fourth-order valence-electron chi connectivity index (χ4n) is 2.34. The van der Waals surface area contributed by atoms with E-state index in [9.17, 15) is 17.6 Å². The number of ether oxygens (including phenoxy) is 1. The summed E-state index contributed by atoms with van der Waals surface area (Å²) in [6, 6.07) is 3.05. The normalized spacial score (nSPS) is 20.1. The second-order valence-corrected chi connectivity index (χ2v) is 6.59. The van der Waals surface area contributed by atoms with Gasteiger partial charge in [0.25, 0.3) is 0 Å². The largest absolute Gasteiger partial charge is 0.468 e. The van der Waals surface area contributed by atoms with E-state index in [1.165, 1.54) is 19.2 Å². The van der Waals surface area contributed by atoms with Gasteiger partial charge in [-0.1, -0.05) is 6.07 Å². The number of nitrogens with zero attached hydrogens (tertiary/aromatic N) is 1. The van der Waals surface area contributed by atoms with Gasteiger partial charge in [0.2, 0.25) is 10.0 Å². The van der Waals surface area contributed by atoms with Crippen molar-refractivity contribution in [2.75, 3.05) is 13.7 Å². The lowest BCUT2D eigenvalue weighted by molar-refractivity contribution is -0.144. The topological polar surface area (TPSA) is 63.7 Å². The molecule has 0 N–H and O–H groups in total. The summed E-state index contributed by atoms with van der Waals surface area (Å²) >= 11 is 0. The highest BCUT2D eigenvalue weighted by Crippen LogP contribution is 2.28. The number of aryl methyl sites for hydroxylation is 1. The van der Waals surface area contributed by atoms with Gasteiger partial charge in [0, 0.05) is 6.54 Å². The van der Waals surface area contributed by atoms with Crippen LogP contribution in [0.15, 0.2) is 23.1 Å². The molecule has 1 aliphatic rings. The lowest BCUT2D eigenvalue weighted by Crippen LogP contribution is -2.41. The Balaban J connectivity index is 2.41. The average Bonchev–Trinajstić information content (AvgIpc) is 2.87. The van der Waals surface area contributed by atoms with Gasteiger partial charge in [0.05, 0.1) is 7.11 Å². The highest BCUT2D eigenvalue weighted by Gasteiger charge is 2.41. The molecule has 1 saturated heterocycles. The molecule has 1 atom stereocenters. The maximum absolute atomic E-state index is 13.9. The number of hydrogen-bond acceptors (Lipinski definition) is 4. The molecule has 1 aromatic rings. The predicted octanol–water partition coefficient (Wildman–Crippen LogP) is 1.46. The van der Waals surface area contributed by atoms with Crippen molar-refractivity contribution in [2.24, 2.45) is 0 Å². The van der Waals surface area contributed by atoms with Crippen molar-refractivity contribution in [1.82, 2.24) is 4.31 Å². The molecule has 0 radical (unpaired) electrons. The Bertz CT molecular complexity index is 629. The van der Waals surface area contributed by atoms with E-state index in [4.69, 9.17) is 0 Å². The predicted molar refractivity (Wildman–Crippen MR) is 70.1 cm³/mol. The van der Waals surface area contributed by atoms with Gasteiger partial charge in [-0.15, -0.1) is 0 Å². The monoisotopic (exact) mass is 301 g/mol. The summed E-state index contributed by atoms with van der Waals surface area (Å²) in [4.78, 5) is 11.2. The van der Waals surface area contributed by atoms with Crippen LogP contribution in [0.4, 0.5) is 4.39 Å². The summed E-state index contributed by atoms with van der Waals surface area (Å²) in [6.07, 6.45) is 0.936. The molecule has 2 rings (SSSR count). The molecule has 1 fully saturated rings. The number of halogens is 1. The van der Waals surface area contributed by atoms with Crippen molar-refractivity contribution in [1.29, 1.82) is 0 Å². The Labute approximate surface area is 117 Å². The molecule has 1 aliphatic heterocycles. The van der Waals surface area contributed by atoms with Crippen LogP contribution in [-0.2, 0) is 19.6 Å². The molecule has 0 spiro atoms. The van der Waals surface area contributed by atoms with Gasteiger partial charge in [0.1, 0.15) is 16.8 Å². The number of rotatable bonds is 3. The Morgan fingerprint density at radius 2 is 2.15 bits per heavy atom. The molecule has 1 aromatic carbocycles. The van der Waals surface area contributed by atoms with Crippen LogP contribution in [0.25, 0.3) is 0 Å². The maximum atomic E-state index is 13.9. The number of methoxy groups -OCH3 is 1. The third-order valence-corrected chi connectivity index (χ3v) is 5.29. The first-order valence-corrected chi connectivity index (χ1v) is 7.67. The molecule has 110 valence electrons. The van der Waals surface area contributed by atoms with E-state index in [0.717, 1.165) is 10.4 Å². The first kappa shape index (κ1) is 14.9. The lowest BCUT2D eigenvalue weighted by atomic mass is 10.2. The third kappa shape index (κ3) is 2.55.